The van der Waals surface area contributed by atoms with E-state index in [0.29, 0.717) is 16.4 Å². The van der Waals surface area contributed by atoms with Gasteiger partial charge < -0.3 is 10.0 Å². The van der Waals surface area contributed by atoms with Gasteiger partial charge in [-0.1, -0.05) is 11.6 Å². The highest BCUT2D eigenvalue weighted by Gasteiger charge is 2.18. The summed E-state index contributed by atoms with van der Waals surface area (Å²) in [5.41, 5.74) is 0.837. The number of nitrogens with one attached hydrogen (secondary N) is 1. The molecule has 1 aromatic heterocycles. The Balaban J connectivity index is 2.05. The van der Waals surface area contributed by atoms with Crippen LogP contribution in [0.5, 0.6) is 5.88 Å². The maximum Gasteiger partial charge on any atom is 0.335 e. The van der Waals surface area contributed by atoms with Crippen LogP contribution in [0.3, 0.4) is 0 Å². The van der Waals surface area contributed by atoms with Gasteiger partial charge in [-0.2, -0.15) is 0 Å². The van der Waals surface area contributed by atoms with E-state index in [2.05, 4.69) is 28.7 Å². The summed E-state index contributed by atoms with van der Waals surface area (Å²) in [7, 11) is 0. The predicted octanol–water partition coefficient (Wildman–Crippen LogP) is 3.87. The SMILES string of the molecule is CCN(CC)c1ccc(N=C(C)c2c(O)n(-c3ccc(Cl)cc3)c(=O)[nH]c2=O)cc1. The second-order valence-corrected chi connectivity index (χ2v) is 7.09. The summed E-state index contributed by atoms with van der Waals surface area (Å²) < 4.78 is 1.01. The van der Waals surface area contributed by atoms with E-state index in [0.717, 1.165) is 23.3 Å². The lowest BCUT2D eigenvalue weighted by Gasteiger charge is -2.20. The van der Waals surface area contributed by atoms with Crippen molar-refractivity contribution in [2.45, 2.75) is 20.8 Å². The molecule has 0 radical (unpaired) electrons. The zero-order valence-electron chi connectivity index (χ0n) is 17.0. The molecule has 2 aromatic carbocycles. The molecule has 1 heterocycles. The Bertz CT molecular complexity index is 1170. The van der Waals surface area contributed by atoms with Crippen molar-refractivity contribution in [2.75, 3.05) is 18.0 Å². The molecule has 0 saturated heterocycles. The number of halogens is 1. The Morgan fingerprint density at radius 3 is 2.23 bits per heavy atom. The normalized spacial score (nSPS) is 11.5. The number of H-pyrrole nitrogens is 1. The average Bonchev–Trinajstić information content (AvgIpc) is 2.71. The van der Waals surface area contributed by atoms with Crippen molar-refractivity contribution in [1.29, 1.82) is 0 Å². The van der Waals surface area contributed by atoms with Crippen molar-refractivity contribution in [3.05, 3.63) is 80.0 Å². The monoisotopic (exact) mass is 426 g/mol. The van der Waals surface area contributed by atoms with Crippen LogP contribution >= 0.6 is 11.6 Å². The van der Waals surface area contributed by atoms with Crippen molar-refractivity contribution < 1.29 is 5.11 Å². The van der Waals surface area contributed by atoms with Gasteiger partial charge in [0.05, 0.1) is 17.1 Å². The van der Waals surface area contributed by atoms with Gasteiger partial charge in [0.15, 0.2) is 0 Å². The number of benzene rings is 2. The van der Waals surface area contributed by atoms with Crippen molar-refractivity contribution in [1.82, 2.24) is 9.55 Å². The van der Waals surface area contributed by atoms with Crippen molar-refractivity contribution in [2.24, 2.45) is 4.99 Å². The van der Waals surface area contributed by atoms with Gasteiger partial charge in [0.25, 0.3) is 5.56 Å². The number of aromatic hydroxyl groups is 1. The minimum atomic E-state index is -0.750. The van der Waals surface area contributed by atoms with E-state index in [4.69, 9.17) is 11.6 Å². The summed E-state index contributed by atoms with van der Waals surface area (Å²) >= 11 is 5.90. The van der Waals surface area contributed by atoms with Crippen LogP contribution in [0.2, 0.25) is 5.02 Å². The van der Waals surface area contributed by atoms with Gasteiger partial charge in [-0.05, 0) is 69.3 Å². The van der Waals surface area contributed by atoms with Crippen LogP contribution in [0, 0.1) is 0 Å². The summed E-state index contributed by atoms with van der Waals surface area (Å²) in [6, 6.07) is 13.9. The molecule has 7 nitrogen and oxygen atoms in total. The summed E-state index contributed by atoms with van der Waals surface area (Å²) in [4.78, 5) is 33.6. The van der Waals surface area contributed by atoms with Crippen LogP contribution in [-0.4, -0.2) is 33.5 Å². The van der Waals surface area contributed by atoms with Crippen LogP contribution in [0.1, 0.15) is 26.3 Å². The Morgan fingerprint density at radius 2 is 1.67 bits per heavy atom. The summed E-state index contributed by atoms with van der Waals surface area (Å²) in [6.07, 6.45) is 0. The Labute approximate surface area is 178 Å². The molecule has 0 fully saturated rings. The average molecular weight is 427 g/mol. The summed E-state index contributed by atoms with van der Waals surface area (Å²) in [6.45, 7) is 7.58. The number of anilines is 1. The van der Waals surface area contributed by atoms with E-state index in [1.165, 1.54) is 0 Å². The molecule has 0 saturated carbocycles. The third kappa shape index (κ3) is 4.31. The second-order valence-electron chi connectivity index (χ2n) is 6.66. The third-order valence-corrected chi connectivity index (χ3v) is 5.06. The van der Waals surface area contributed by atoms with E-state index in [1.807, 2.05) is 24.3 Å². The lowest BCUT2D eigenvalue weighted by Crippen LogP contribution is -2.32. The fourth-order valence-corrected chi connectivity index (χ4v) is 3.38. The highest BCUT2D eigenvalue weighted by molar-refractivity contribution is 6.30. The van der Waals surface area contributed by atoms with Crippen molar-refractivity contribution >= 4 is 28.7 Å². The zero-order chi connectivity index (χ0) is 21.8. The largest absolute Gasteiger partial charge is 0.493 e. The molecule has 3 rings (SSSR count). The van der Waals surface area contributed by atoms with E-state index in [-0.39, 0.29) is 11.3 Å². The van der Waals surface area contributed by atoms with E-state index >= 15 is 0 Å². The fraction of sp³-hybridized carbons (Fsp3) is 0.227. The van der Waals surface area contributed by atoms with Gasteiger partial charge in [-0.3, -0.25) is 14.8 Å². The molecule has 30 heavy (non-hydrogen) atoms. The lowest BCUT2D eigenvalue weighted by molar-refractivity contribution is 0.430. The first-order valence-electron chi connectivity index (χ1n) is 9.60. The molecule has 0 aliphatic heterocycles. The van der Waals surface area contributed by atoms with Crippen LogP contribution in [0.15, 0.2) is 63.1 Å². The first-order chi connectivity index (χ1) is 14.3. The number of aromatic nitrogens is 2. The molecule has 0 atom stereocenters. The quantitative estimate of drug-likeness (QED) is 0.585. The Hall–Kier alpha value is -3.32. The third-order valence-electron chi connectivity index (χ3n) is 4.81. The molecule has 0 aliphatic rings. The predicted molar refractivity (Wildman–Crippen MR) is 121 cm³/mol. The first kappa shape index (κ1) is 21.4. The van der Waals surface area contributed by atoms with Crippen molar-refractivity contribution in [3.8, 4) is 11.6 Å². The van der Waals surface area contributed by atoms with Crippen LogP contribution in [0.4, 0.5) is 11.4 Å². The molecule has 0 spiro atoms. The van der Waals surface area contributed by atoms with Gasteiger partial charge in [0, 0.05) is 23.8 Å². The maximum atomic E-state index is 12.4. The number of aliphatic imine (C=N–C) groups is 1. The number of rotatable bonds is 6. The van der Waals surface area contributed by atoms with Crippen LogP contribution in [-0.2, 0) is 0 Å². The van der Waals surface area contributed by atoms with Gasteiger partial charge in [-0.25, -0.2) is 9.36 Å². The Kier molecular flexibility index (Phi) is 6.42. The van der Waals surface area contributed by atoms with E-state index in [1.54, 1.807) is 31.2 Å². The van der Waals surface area contributed by atoms with E-state index in [9.17, 15) is 14.7 Å². The molecular formula is C22H23ClN4O3. The standard InChI is InChI=1S/C22H23ClN4O3/c1-4-26(5-2)17-12-8-16(9-13-17)24-14(3)19-20(28)25-22(30)27(21(19)29)18-10-6-15(23)7-11-18/h6-13,29H,4-5H2,1-3H3,(H,25,28,30). The molecule has 0 unspecified atom stereocenters. The van der Waals surface area contributed by atoms with Crippen LogP contribution in [0.25, 0.3) is 5.69 Å². The van der Waals surface area contributed by atoms with Gasteiger partial charge in [0.1, 0.15) is 5.56 Å². The second kappa shape index (κ2) is 9.00. The lowest BCUT2D eigenvalue weighted by atomic mass is 10.2. The molecular weight excluding hydrogens is 404 g/mol. The molecule has 8 heteroatoms. The topological polar surface area (TPSA) is 90.7 Å². The summed E-state index contributed by atoms with van der Waals surface area (Å²) in [5, 5.41) is 11.2. The summed E-state index contributed by atoms with van der Waals surface area (Å²) in [5.74, 6) is -0.480. The minimum absolute atomic E-state index is 0.0719. The maximum absolute atomic E-state index is 12.4. The highest BCUT2D eigenvalue weighted by Crippen LogP contribution is 2.23. The molecule has 0 amide bonds. The number of hydrogen-bond acceptors (Lipinski definition) is 5. The molecule has 156 valence electrons. The minimum Gasteiger partial charge on any atom is -0.493 e. The zero-order valence-corrected chi connectivity index (χ0v) is 17.8. The number of hydrogen-bond donors (Lipinski definition) is 2. The van der Waals surface area contributed by atoms with Gasteiger partial charge >= 0.3 is 5.69 Å². The van der Waals surface area contributed by atoms with Gasteiger partial charge in [0.2, 0.25) is 5.88 Å². The molecule has 0 aliphatic carbocycles. The number of aromatic amines is 1. The van der Waals surface area contributed by atoms with Crippen molar-refractivity contribution in [3.63, 3.8) is 0 Å². The highest BCUT2D eigenvalue weighted by atomic mass is 35.5. The Morgan fingerprint density at radius 1 is 1.07 bits per heavy atom. The fourth-order valence-electron chi connectivity index (χ4n) is 3.26. The smallest absolute Gasteiger partial charge is 0.335 e. The van der Waals surface area contributed by atoms with E-state index < -0.39 is 17.1 Å². The molecule has 2 N–H and O–H groups in total. The first-order valence-corrected chi connectivity index (χ1v) is 9.98. The van der Waals surface area contributed by atoms with Gasteiger partial charge in [-0.15, -0.1) is 0 Å². The molecule has 0 bridgehead atoms. The van der Waals surface area contributed by atoms with Crippen LogP contribution < -0.4 is 16.1 Å². The molecule has 3 aromatic rings. The number of nitrogens with zero attached hydrogens (tertiary/aromatic N) is 3.